The largest absolute Gasteiger partial charge is 0.396 e. The summed E-state index contributed by atoms with van der Waals surface area (Å²) in [5, 5.41) is 13.3. The van der Waals surface area contributed by atoms with E-state index < -0.39 is 0 Å². The molecule has 2 N–H and O–H groups in total. The van der Waals surface area contributed by atoms with Crippen molar-refractivity contribution >= 4 is 0 Å². The van der Waals surface area contributed by atoms with Crippen molar-refractivity contribution in [2.24, 2.45) is 5.92 Å². The SMILES string of the molecule is CCCN1CCC(NC2CCCCC2CO)CC1. The van der Waals surface area contributed by atoms with Gasteiger partial charge in [-0.3, -0.25) is 0 Å². The monoisotopic (exact) mass is 254 g/mol. The van der Waals surface area contributed by atoms with Crippen molar-refractivity contribution in [2.75, 3.05) is 26.2 Å². The predicted octanol–water partition coefficient (Wildman–Crippen LogP) is 2.00. The maximum absolute atomic E-state index is 9.45. The van der Waals surface area contributed by atoms with E-state index >= 15 is 0 Å². The second-order valence-electron chi connectivity index (χ2n) is 6.12. The van der Waals surface area contributed by atoms with Crippen molar-refractivity contribution in [3.05, 3.63) is 0 Å². The molecule has 1 aliphatic heterocycles. The van der Waals surface area contributed by atoms with Crippen molar-refractivity contribution < 1.29 is 5.11 Å². The van der Waals surface area contributed by atoms with Crippen LogP contribution in [-0.4, -0.2) is 48.3 Å². The van der Waals surface area contributed by atoms with Gasteiger partial charge in [-0.05, 0) is 57.7 Å². The third kappa shape index (κ3) is 3.94. The first-order valence-corrected chi connectivity index (χ1v) is 7.92. The molecule has 0 bridgehead atoms. The fourth-order valence-corrected chi connectivity index (χ4v) is 3.59. The fourth-order valence-electron chi connectivity index (χ4n) is 3.59. The van der Waals surface area contributed by atoms with Gasteiger partial charge in [0.25, 0.3) is 0 Å². The number of piperidine rings is 1. The average molecular weight is 254 g/mol. The lowest BCUT2D eigenvalue weighted by atomic mass is 9.84. The number of likely N-dealkylation sites (tertiary alicyclic amines) is 1. The zero-order valence-corrected chi connectivity index (χ0v) is 11.9. The van der Waals surface area contributed by atoms with E-state index in [0.29, 0.717) is 24.6 Å². The van der Waals surface area contributed by atoms with Crippen LogP contribution in [0.4, 0.5) is 0 Å². The Morgan fingerprint density at radius 1 is 1.11 bits per heavy atom. The normalized spacial score (nSPS) is 31.7. The number of aliphatic hydroxyl groups excluding tert-OH is 1. The number of nitrogens with one attached hydrogen (secondary N) is 1. The molecule has 3 nitrogen and oxygen atoms in total. The third-order valence-electron chi connectivity index (χ3n) is 4.72. The summed E-state index contributed by atoms with van der Waals surface area (Å²) in [6, 6.07) is 1.27. The highest BCUT2D eigenvalue weighted by Gasteiger charge is 2.27. The molecule has 0 radical (unpaired) electrons. The number of hydrogen-bond donors (Lipinski definition) is 2. The molecule has 1 aliphatic carbocycles. The molecule has 2 rings (SSSR count). The molecule has 2 aliphatic rings. The summed E-state index contributed by atoms with van der Waals surface area (Å²) in [5.74, 6) is 0.507. The van der Waals surface area contributed by atoms with Gasteiger partial charge in [-0.2, -0.15) is 0 Å². The Morgan fingerprint density at radius 2 is 1.83 bits per heavy atom. The lowest BCUT2D eigenvalue weighted by molar-refractivity contribution is 0.127. The van der Waals surface area contributed by atoms with Crippen LogP contribution < -0.4 is 5.32 Å². The maximum atomic E-state index is 9.45. The second-order valence-corrected chi connectivity index (χ2v) is 6.12. The molecule has 0 aromatic rings. The zero-order chi connectivity index (χ0) is 12.8. The summed E-state index contributed by atoms with van der Waals surface area (Å²) < 4.78 is 0. The molecule has 0 aromatic heterocycles. The van der Waals surface area contributed by atoms with E-state index in [9.17, 15) is 5.11 Å². The van der Waals surface area contributed by atoms with Gasteiger partial charge in [0.2, 0.25) is 0 Å². The highest BCUT2D eigenvalue weighted by atomic mass is 16.3. The topological polar surface area (TPSA) is 35.5 Å². The van der Waals surface area contributed by atoms with Crippen LogP contribution in [0.25, 0.3) is 0 Å². The summed E-state index contributed by atoms with van der Waals surface area (Å²) >= 11 is 0. The quantitative estimate of drug-likeness (QED) is 0.788. The van der Waals surface area contributed by atoms with Gasteiger partial charge in [-0.1, -0.05) is 19.8 Å². The molecule has 2 fully saturated rings. The molecule has 18 heavy (non-hydrogen) atoms. The standard InChI is InChI=1S/C15H30N2O/c1-2-9-17-10-7-14(8-11-17)16-15-6-4-3-5-13(15)12-18/h13-16,18H,2-12H2,1H3. The first-order chi connectivity index (χ1) is 8.83. The van der Waals surface area contributed by atoms with Crippen LogP contribution in [0, 0.1) is 5.92 Å². The molecule has 0 spiro atoms. The molecule has 3 heteroatoms. The molecule has 0 amide bonds. The van der Waals surface area contributed by atoms with Crippen molar-refractivity contribution in [2.45, 2.75) is 64.0 Å². The molecular formula is C15H30N2O. The van der Waals surface area contributed by atoms with Gasteiger partial charge >= 0.3 is 0 Å². The van der Waals surface area contributed by atoms with Gasteiger partial charge in [0.05, 0.1) is 0 Å². The molecule has 2 unspecified atom stereocenters. The number of nitrogens with zero attached hydrogens (tertiary/aromatic N) is 1. The van der Waals surface area contributed by atoms with E-state index in [1.165, 1.54) is 64.6 Å². The van der Waals surface area contributed by atoms with Crippen LogP contribution in [0.3, 0.4) is 0 Å². The first-order valence-electron chi connectivity index (χ1n) is 7.92. The van der Waals surface area contributed by atoms with Gasteiger partial charge in [-0.15, -0.1) is 0 Å². The van der Waals surface area contributed by atoms with Crippen molar-refractivity contribution in [3.63, 3.8) is 0 Å². The van der Waals surface area contributed by atoms with E-state index in [4.69, 9.17) is 0 Å². The third-order valence-corrected chi connectivity index (χ3v) is 4.72. The smallest absolute Gasteiger partial charge is 0.0474 e. The second kappa shape index (κ2) is 7.46. The highest BCUT2D eigenvalue weighted by Crippen LogP contribution is 2.25. The number of rotatable bonds is 5. The van der Waals surface area contributed by atoms with Crippen LogP contribution in [-0.2, 0) is 0 Å². The van der Waals surface area contributed by atoms with E-state index in [1.54, 1.807) is 0 Å². The van der Waals surface area contributed by atoms with E-state index in [-0.39, 0.29) is 0 Å². The summed E-state index contributed by atoms with van der Waals surface area (Å²) in [7, 11) is 0. The number of aliphatic hydroxyl groups is 1. The van der Waals surface area contributed by atoms with Crippen LogP contribution in [0.2, 0.25) is 0 Å². The van der Waals surface area contributed by atoms with Gasteiger partial charge in [-0.25, -0.2) is 0 Å². The summed E-state index contributed by atoms with van der Waals surface area (Å²) in [4.78, 5) is 2.59. The fraction of sp³-hybridized carbons (Fsp3) is 1.00. The Hall–Kier alpha value is -0.120. The van der Waals surface area contributed by atoms with Crippen LogP contribution in [0.5, 0.6) is 0 Å². The van der Waals surface area contributed by atoms with Crippen LogP contribution in [0.1, 0.15) is 51.9 Å². The van der Waals surface area contributed by atoms with E-state index in [2.05, 4.69) is 17.1 Å². The Kier molecular flexibility index (Phi) is 5.93. The van der Waals surface area contributed by atoms with E-state index in [0.717, 1.165) is 0 Å². The molecule has 2 atom stereocenters. The van der Waals surface area contributed by atoms with Crippen LogP contribution >= 0.6 is 0 Å². The maximum Gasteiger partial charge on any atom is 0.0474 e. The molecule has 1 saturated carbocycles. The van der Waals surface area contributed by atoms with Gasteiger partial charge < -0.3 is 15.3 Å². The average Bonchev–Trinajstić information content (AvgIpc) is 2.42. The predicted molar refractivity (Wildman–Crippen MR) is 75.7 cm³/mol. The summed E-state index contributed by atoms with van der Waals surface area (Å²) in [6.45, 7) is 6.39. The van der Waals surface area contributed by atoms with Gasteiger partial charge in [0.15, 0.2) is 0 Å². The van der Waals surface area contributed by atoms with Crippen molar-refractivity contribution in [1.82, 2.24) is 10.2 Å². The molecular weight excluding hydrogens is 224 g/mol. The minimum Gasteiger partial charge on any atom is -0.396 e. The lowest BCUT2D eigenvalue weighted by Crippen LogP contribution is -2.50. The number of hydrogen-bond acceptors (Lipinski definition) is 3. The molecule has 0 aromatic carbocycles. The van der Waals surface area contributed by atoms with Gasteiger partial charge in [0.1, 0.15) is 0 Å². The molecule has 1 saturated heterocycles. The molecule has 1 heterocycles. The highest BCUT2D eigenvalue weighted by molar-refractivity contribution is 4.86. The zero-order valence-electron chi connectivity index (χ0n) is 11.9. The molecule has 106 valence electrons. The summed E-state index contributed by atoms with van der Waals surface area (Å²) in [6.07, 6.45) is 8.96. The minimum atomic E-state index is 0.367. The van der Waals surface area contributed by atoms with Crippen molar-refractivity contribution in [3.8, 4) is 0 Å². The first kappa shape index (κ1) is 14.3. The van der Waals surface area contributed by atoms with Gasteiger partial charge in [0, 0.05) is 18.7 Å². The Labute approximate surface area is 112 Å². The van der Waals surface area contributed by atoms with E-state index in [1.807, 2.05) is 0 Å². The minimum absolute atomic E-state index is 0.367. The lowest BCUT2D eigenvalue weighted by Gasteiger charge is -2.38. The Balaban J connectivity index is 1.73. The summed E-state index contributed by atoms with van der Waals surface area (Å²) in [5.41, 5.74) is 0. The van der Waals surface area contributed by atoms with Crippen LogP contribution in [0.15, 0.2) is 0 Å². The Bertz CT molecular complexity index is 227. The van der Waals surface area contributed by atoms with Crippen molar-refractivity contribution in [1.29, 1.82) is 0 Å². The Morgan fingerprint density at radius 3 is 2.50 bits per heavy atom.